The molecule has 3 heterocycles. The second-order valence-corrected chi connectivity index (χ2v) is 5.03. The zero-order chi connectivity index (χ0) is 13.8. The van der Waals surface area contributed by atoms with Gasteiger partial charge in [0, 0.05) is 51.3 Å². The van der Waals surface area contributed by atoms with Crippen LogP contribution in [0.2, 0.25) is 0 Å². The summed E-state index contributed by atoms with van der Waals surface area (Å²) in [6.07, 6.45) is 7.35. The quantitative estimate of drug-likeness (QED) is 0.887. The van der Waals surface area contributed by atoms with E-state index in [4.69, 9.17) is 5.73 Å². The smallest absolute Gasteiger partial charge is 0.0738 e. The Balaban J connectivity index is 1.51. The van der Waals surface area contributed by atoms with E-state index in [2.05, 4.69) is 19.9 Å². The molecule has 0 atom stereocenters. The van der Waals surface area contributed by atoms with Crippen LogP contribution in [0, 0.1) is 0 Å². The van der Waals surface area contributed by atoms with Crippen molar-refractivity contribution in [1.29, 1.82) is 0 Å². The van der Waals surface area contributed by atoms with Gasteiger partial charge in [-0.3, -0.25) is 14.6 Å². The van der Waals surface area contributed by atoms with Crippen LogP contribution in [0.1, 0.15) is 0 Å². The third-order valence-electron chi connectivity index (χ3n) is 3.75. The largest absolute Gasteiger partial charge is 0.396 e. The molecule has 0 aliphatic carbocycles. The van der Waals surface area contributed by atoms with E-state index in [9.17, 15) is 0 Å². The first kappa shape index (κ1) is 12.9. The highest BCUT2D eigenvalue weighted by molar-refractivity contribution is 5.66. The number of aromatic nitrogens is 3. The van der Waals surface area contributed by atoms with Gasteiger partial charge in [0.15, 0.2) is 0 Å². The average Bonchev–Trinajstić information content (AvgIpc) is 3.00. The van der Waals surface area contributed by atoms with Crippen molar-refractivity contribution in [2.24, 2.45) is 0 Å². The summed E-state index contributed by atoms with van der Waals surface area (Å²) in [5.41, 5.74) is 7.84. The van der Waals surface area contributed by atoms with Crippen molar-refractivity contribution in [3.63, 3.8) is 0 Å². The Labute approximate surface area is 118 Å². The third-order valence-corrected chi connectivity index (χ3v) is 3.75. The van der Waals surface area contributed by atoms with Crippen LogP contribution in [-0.2, 0) is 6.54 Å². The SMILES string of the molecule is Nc1cnccc1N1CCN(CCn2cccn2)CC1. The van der Waals surface area contributed by atoms with Crippen LogP contribution in [0.4, 0.5) is 11.4 Å². The topological polar surface area (TPSA) is 63.2 Å². The van der Waals surface area contributed by atoms with E-state index in [0.717, 1.165) is 50.6 Å². The van der Waals surface area contributed by atoms with Gasteiger partial charge in [0.1, 0.15) is 0 Å². The molecule has 0 amide bonds. The van der Waals surface area contributed by atoms with Crippen molar-refractivity contribution < 1.29 is 0 Å². The molecule has 2 aromatic rings. The summed E-state index contributed by atoms with van der Waals surface area (Å²) < 4.78 is 1.98. The minimum Gasteiger partial charge on any atom is -0.396 e. The van der Waals surface area contributed by atoms with Gasteiger partial charge in [0.2, 0.25) is 0 Å². The minimum atomic E-state index is 0.762. The highest BCUT2D eigenvalue weighted by Gasteiger charge is 2.18. The predicted octanol–water partition coefficient (Wildman–Crippen LogP) is 0.682. The summed E-state index contributed by atoms with van der Waals surface area (Å²) in [6.45, 7) is 6.12. The summed E-state index contributed by atoms with van der Waals surface area (Å²) in [4.78, 5) is 8.84. The van der Waals surface area contributed by atoms with Gasteiger partial charge in [-0.2, -0.15) is 5.10 Å². The summed E-state index contributed by atoms with van der Waals surface area (Å²) >= 11 is 0. The number of hydrogen-bond acceptors (Lipinski definition) is 5. The van der Waals surface area contributed by atoms with E-state index in [-0.39, 0.29) is 0 Å². The van der Waals surface area contributed by atoms with Gasteiger partial charge in [-0.05, 0) is 12.1 Å². The first-order valence-electron chi connectivity index (χ1n) is 6.97. The molecule has 2 aromatic heterocycles. The minimum absolute atomic E-state index is 0.762. The molecule has 1 aliphatic heterocycles. The molecule has 0 bridgehead atoms. The Kier molecular flexibility index (Phi) is 3.83. The van der Waals surface area contributed by atoms with Crippen LogP contribution < -0.4 is 10.6 Å². The van der Waals surface area contributed by atoms with E-state index in [1.165, 1.54) is 0 Å². The molecular weight excluding hydrogens is 252 g/mol. The normalized spacial score (nSPS) is 16.5. The molecule has 20 heavy (non-hydrogen) atoms. The number of nitrogen functional groups attached to an aromatic ring is 1. The zero-order valence-corrected chi connectivity index (χ0v) is 11.5. The van der Waals surface area contributed by atoms with Gasteiger partial charge in [-0.25, -0.2) is 0 Å². The van der Waals surface area contributed by atoms with Crippen molar-refractivity contribution in [3.05, 3.63) is 36.9 Å². The number of anilines is 2. The molecule has 0 spiro atoms. The number of hydrogen-bond donors (Lipinski definition) is 1. The predicted molar refractivity (Wildman–Crippen MR) is 79.5 cm³/mol. The molecule has 1 fully saturated rings. The van der Waals surface area contributed by atoms with Crippen molar-refractivity contribution in [2.45, 2.75) is 6.54 Å². The number of rotatable bonds is 4. The van der Waals surface area contributed by atoms with E-state index >= 15 is 0 Å². The van der Waals surface area contributed by atoms with Crippen LogP contribution in [-0.4, -0.2) is 52.4 Å². The maximum Gasteiger partial charge on any atom is 0.0738 e. The fourth-order valence-corrected chi connectivity index (χ4v) is 2.58. The number of pyridine rings is 1. The maximum absolute atomic E-state index is 5.98. The maximum atomic E-state index is 5.98. The number of nitrogens with zero attached hydrogens (tertiary/aromatic N) is 5. The Morgan fingerprint density at radius 1 is 1.10 bits per heavy atom. The molecule has 2 N–H and O–H groups in total. The summed E-state index contributed by atoms with van der Waals surface area (Å²) in [6, 6.07) is 3.96. The molecule has 6 nitrogen and oxygen atoms in total. The van der Waals surface area contributed by atoms with Gasteiger partial charge in [0.25, 0.3) is 0 Å². The molecular formula is C14H20N6. The molecule has 0 radical (unpaired) electrons. The van der Waals surface area contributed by atoms with Crippen LogP contribution in [0.25, 0.3) is 0 Å². The average molecular weight is 272 g/mol. The number of nitrogens with two attached hydrogens (primary N) is 1. The summed E-state index contributed by atoms with van der Waals surface area (Å²) in [5.74, 6) is 0. The summed E-state index contributed by atoms with van der Waals surface area (Å²) in [7, 11) is 0. The van der Waals surface area contributed by atoms with Crippen molar-refractivity contribution in [2.75, 3.05) is 43.4 Å². The lowest BCUT2D eigenvalue weighted by Gasteiger charge is -2.36. The van der Waals surface area contributed by atoms with Gasteiger partial charge >= 0.3 is 0 Å². The first-order chi connectivity index (χ1) is 9.83. The van der Waals surface area contributed by atoms with E-state index < -0.39 is 0 Å². The highest BCUT2D eigenvalue weighted by atomic mass is 15.3. The Morgan fingerprint density at radius 3 is 2.65 bits per heavy atom. The monoisotopic (exact) mass is 272 g/mol. The third kappa shape index (κ3) is 2.91. The van der Waals surface area contributed by atoms with Crippen molar-refractivity contribution >= 4 is 11.4 Å². The molecule has 1 aliphatic rings. The lowest BCUT2D eigenvalue weighted by molar-refractivity contribution is 0.244. The Hall–Kier alpha value is -2.08. The molecule has 0 saturated carbocycles. The standard InChI is InChI=1S/C14H20N6/c15-13-12-16-4-2-14(13)19-9-6-18(7-10-19)8-11-20-5-1-3-17-20/h1-5,12H,6-11,15H2. The highest BCUT2D eigenvalue weighted by Crippen LogP contribution is 2.22. The molecule has 1 saturated heterocycles. The van der Waals surface area contributed by atoms with Gasteiger partial charge < -0.3 is 10.6 Å². The molecule has 6 heteroatoms. The fraction of sp³-hybridized carbons (Fsp3) is 0.429. The molecule has 3 rings (SSSR count). The van der Waals surface area contributed by atoms with Gasteiger partial charge in [-0.1, -0.05) is 0 Å². The first-order valence-corrected chi connectivity index (χ1v) is 6.97. The van der Waals surface area contributed by atoms with Gasteiger partial charge in [-0.15, -0.1) is 0 Å². The van der Waals surface area contributed by atoms with Gasteiger partial charge in [0.05, 0.1) is 24.1 Å². The Morgan fingerprint density at radius 2 is 1.95 bits per heavy atom. The molecule has 0 aromatic carbocycles. The summed E-state index contributed by atoms with van der Waals surface area (Å²) in [5, 5.41) is 4.23. The van der Waals surface area contributed by atoms with Crippen LogP contribution >= 0.6 is 0 Å². The van der Waals surface area contributed by atoms with Crippen LogP contribution in [0.15, 0.2) is 36.9 Å². The second-order valence-electron chi connectivity index (χ2n) is 5.03. The molecule has 106 valence electrons. The van der Waals surface area contributed by atoms with Crippen LogP contribution in [0.5, 0.6) is 0 Å². The lowest BCUT2D eigenvalue weighted by Crippen LogP contribution is -2.47. The molecule has 0 unspecified atom stereocenters. The van der Waals surface area contributed by atoms with E-state index in [1.807, 2.05) is 29.2 Å². The van der Waals surface area contributed by atoms with Crippen LogP contribution in [0.3, 0.4) is 0 Å². The Bertz CT molecular complexity index is 530. The van der Waals surface area contributed by atoms with E-state index in [1.54, 1.807) is 12.4 Å². The van der Waals surface area contributed by atoms with E-state index in [0.29, 0.717) is 0 Å². The number of piperazine rings is 1. The second kappa shape index (κ2) is 5.92. The van der Waals surface area contributed by atoms with Crippen molar-refractivity contribution in [1.82, 2.24) is 19.7 Å². The van der Waals surface area contributed by atoms with Crippen molar-refractivity contribution in [3.8, 4) is 0 Å². The fourth-order valence-electron chi connectivity index (χ4n) is 2.58. The lowest BCUT2D eigenvalue weighted by atomic mass is 10.2. The zero-order valence-electron chi connectivity index (χ0n) is 11.5.